The molecular formula is C87H136N10O22S2. The number of Topliss-reactive ketones (excluding diaryl/α,β-unsaturated/α-hetero) is 12. The van der Waals surface area contributed by atoms with E-state index in [-0.39, 0.29) is 254 Å². The van der Waals surface area contributed by atoms with Gasteiger partial charge in [-0.25, -0.2) is 0 Å². The standard InChI is InChI=1S/C87H136N10O22S2/c1-53(2)36-63-42-74(104)56(7)37-78(108)69(55(5)6)45-80(110)70(58(9)99)46-81(111)71(88)52-121-120-51-64(57(8)98)43-76(106)60(14-10-11-25-91-82(112)47-93-28-30-94(48-83(113)114)32-34-96(50-85(117)118)35-33-95(31-29-93)49-84(115)116)40-75(105)61(15-12-26-92-87(89)90)41-79(109)68(54(3)4)44-77(107)62(38-59-17-19-65(100)20-18-59)39-67(102)22-21-66(101)23-24-73(103)72-16-13-27-97(72)86(63)119/h17-20,53-56,58,60-64,68-72,99-100H,10-16,21-52,88H2,1-9H3,(H,91,112)(H,113,114)(H,115,116)(H,117,118)(H4,89,90,92). The van der Waals surface area contributed by atoms with Crippen molar-refractivity contribution in [1.82, 2.24) is 29.8 Å². The average Bonchev–Trinajstić information content (AvgIpc) is 1.71. The number of amides is 2. The minimum absolute atomic E-state index is 0.0122. The van der Waals surface area contributed by atoms with Gasteiger partial charge in [0.1, 0.15) is 63.6 Å². The summed E-state index contributed by atoms with van der Waals surface area (Å²) in [5.74, 6) is -19.7. The number of carboxylic acid groups (broad SMARTS) is 3. The van der Waals surface area contributed by atoms with Crippen molar-refractivity contribution in [3.05, 3.63) is 29.8 Å². The lowest BCUT2D eigenvalue weighted by Crippen LogP contribution is -2.49. The number of rotatable bonds is 25. The first-order valence-electron chi connectivity index (χ1n) is 42.9. The van der Waals surface area contributed by atoms with E-state index in [4.69, 9.17) is 17.2 Å². The topological polar surface area (TPSA) is 510 Å². The molecule has 121 heavy (non-hydrogen) atoms. The number of hydrogen-bond acceptors (Lipinski definition) is 27. The van der Waals surface area contributed by atoms with Crippen LogP contribution in [0.1, 0.15) is 203 Å². The van der Waals surface area contributed by atoms with Crippen LogP contribution in [0.3, 0.4) is 0 Å². The fraction of sp³-hybridized carbons (Fsp3) is 0.724. The summed E-state index contributed by atoms with van der Waals surface area (Å²) in [5.41, 5.74) is 18.4. The molecule has 12 atom stereocenters. The third-order valence-electron chi connectivity index (χ3n) is 23.4. The summed E-state index contributed by atoms with van der Waals surface area (Å²) in [4.78, 5) is 248. The average molecular weight is 1740 g/mol. The molecule has 3 heterocycles. The predicted octanol–water partition coefficient (Wildman–Crippen LogP) is 5.69. The van der Waals surface area contributed by atoms with E-state index in [9.17, 15) is 97.5 Å². The van der Waals surface area contributed by atoms with Gasteiger partial charge >= 0.3 is 17.9 Å². The molecule has 0 spiro atoms. The minimum Gasteiger partial charge on any atom is -0.508 e. The van der Waals surface area contributed by atoms with Crippen LogP contribution in [0.25, 0.3) is 0 Å². The molecule has 678 valence electrons. The van der Waals surface area contributed by atoms with Crippen molar-refractivity contribution in [2.24, 2.45) is 93.2 Å². The molecule has 0 aromatic heterocycles. The highest BCUT2D eigenvalue weighted by Crippen LogP contribution is 2.35. The van der Waals surface area contributed by atoms with Crippen LogP contribution in [0.5, 0.6) is 5.75 Å². The molecule has 3 saturated heterocycles. The van der Waals surface area contributed by atoms with Gasteiger partial charge in [0.25, 0.3) is 0 Å². The summed E-state index contributed by atoms with van der Waals surface area (Å²) in [5, 5.41) is 53.1. The Morgan fingerprint density at radius 1 is 0.512 bits per heavy atom. The van der Waals surface area contributed by atoms with Crippen molar-refractivity contribution >= 4 is 127 Å². The Bertz CT molecular complexity index is 3670. The second-order valence-corrected chi connectivity index (χ2v) is 37.2. The molecule has 32 nitrogen and oxygen atoms in total. The molecular weight excluding hydrogens is 1600 g/mol. The lowest BCUT2D eigenvalue weighted by molar-refractivity contribution is -0.143. The van der Waals surface area contributed by atoms with E-state index in [1.165, 1.54) is 30.9 Å². The Balaban J connectivity index is 1.72. The number of aliphatic hydroxyl groups is 1. The second kappa shape index (κ2) is 54.7. The molecule has 0 saturated carbocycles. The quantitative estimate of drug-likeness (QED) is 0.0246. The van der Waals surface area contributed by atoms with Gasteiger partial charge in [-0.1, -0.05) is 88.6 Å². The molecule has 1 aromatic rings. The number of carbonyl (C=O) groups is 17. The first-order chi connectivity index (χ1) is 57.0. The highest BCUT2D eigenvalue weighted by atomic mass is 33.1. The number of benzene rings is 1. The number of aromatic hydroxyl groups is 1. The van der Waals surface area contributed by atoms with Crippen LogP contribution < -0.4 is 22.5 Å². The van der Waals surface area contributed by atoms with Gasteiger partial charge in [-0.15, -0.1) is 0 Å². The van der Waals surface area contributed by atoms with Crippen LogP contribution in [-0.4, -0.2) is 283 Å². The summed E-state index contributed by atoms with van der Waals surface area (Å²) in [6, 6.07) is 3.99. The highest BCUT2D eigenvalue weighted by Gasteiger charge is 2.41. The fourth-order valence-electron chi connectivity index (χ4n) is 16.0. The molecule has 0 aliphatic carbocycles. The first-order valence-corrected chi connectivity index (χ1v) is 45.4. The van der Waals surface area contributed by atoms with Crippen LogP contribution >= 0.6 is 21.6 Å². The molecule has 34 heteroatoms. The molecule has 12 N–H and O–H groups in total. The van der Waals surface area contributed by atoms with Gasteiger partial charge in [-0.3, -0.25) is 106 Å². The van der Waals surface area contributed by atoms with Crippen molar-refractivity contribution in [1.29, 1.82) is 0 Å². The number of nitrogens with zero attached hydrogens (tertiary/aromatic N) is 6. The van der Waals surface area contributed by atoms with E-state index in [0.29, 0.717) is 24.8 Å². The lowest BCUT2D eigenvalue weighted by atomic mass is 9.77. The molecule has 4 rings (SSSR count). The van der Waals surface area contributed by atoms with Gasteiger partial charge in [0, 0.05) is 214 Å². The van der Waals surface area contributed by atoms with Crippen molar-refractivity contribution in [3.8, 4) is 5.75 Å². The summed E-state index contributed by atoms with van der Waals surface area (Å²) in [6.07, 6.45) is -3.52. The SMILES string of the molecule is CC(=O)C1CSSCC(N)C(=O)CC(C(C)O)C(=O)CC(C(C)C)C(=O)CC(C)C(=O)CC(CC(C)C)C(=O)N2CCCC2C(=O)CCC(=O)CCC(=O)CC(Cc2ccc(O)cc2)C(=O)CC(C(C)C)C(=O)CC(CCCN=C(N)N)C(=O)CC(CCCCNC(=O)CN2CCN(CC(=O)O)CCN(CC(=O)O)CCN(CC(=O)O)CC2)C(=O)C1. The van der Waals surface area contributed by atoms with Gasteiger partial charge in [-0.2, -0.15) is 0 Å². The number of nitrogens with two attached hydrogens (primary N) is 3. The highest BCUT2D eigenvalue weighted by molar-refractivity contribution is 8.76. The number of aliphatic carboxylic acids is 3. The van der Waals surface area contributed by atoms with Crippen molar-refractivity contribution in [3.63, 3.8) is 0 Å². The number of unbranched alkanes of at least 4 members (excludes halogenated alkanes) is 1. The number of aliphatic imine (C=N–C) groups is 1. The Morgan fingerprint density at radius 2 is 0.975 bits per heavy atom. The molecule has 0 bridgehead atoms. The fourth-order valence-corrected chi connectivity index (χ4v) is 18.5. The van der Waals surface area contributed by atoms with Crippen molar-refractivity contribution in [2.45, 2.75) is 222 Å². The normalized spacial score (nSPS) is 25.7. The second-order valence-electron chi connectivity index (χ2n) is 34.6. The molecule has 3 fully saturated rings. The third-order valence-corrected chi connectivity index (χ3v) is 25.9. The van der Waals surface area contributed by atoms with Gasteiger partial charge in [0.05, 0.1) is 50.3 Å². The number of guanidine groups is 1. The lowest BCUT2D eigenvalue weighted by Gasteiger charge is -2.32. The van der Waals surface area contributed by atoms with E-state index in [1.54, 1.807) is 66.4 Å². The van der Waals surface area contributed by atoms with Crippen molar-refractivity contribution in [2.75, 3.05) is 110 Å². The number of nitrogens with one attached hydrogen (secondary N) is 1. The maximum atomic E-state index is 15.2. The smallest absolute Gasteiger partial charge is 0.317 e. The maximum absolute atomic E-state index is 15.2. The summed E-state index contributed by atoms with van der Waals surface area (Å²) < 4.78 is 0. The molecule has 1 aromatic carbocycles. The molecule has 12 unspecified atom stereocenters. The number of ketones is 12. The number of carboxylic acids is 3. The Labute approximate surface area is 720 Å². The summed E-state index contributed by atoms with van der Waals surface area (Å²) >= 11 is 0. The Hall–Kier alpha value is -7.86. The molecule has 3 aliphatic rings. The molecule has 0 radical (unpaired) electrons. The number of aliphatic hydroxyl groups excluding tert-OH is 1. The monoisotopic (exact) mass is 1740 g/mol. The van der Waals surface area contributed by atoms with E-state index in [0.717, 1.165) is 21.6 Å². The van der Waals surface area contributed by atoms with Gasteiger partial charge < -0.3 is 53.0 Å². The van der Waals surface area contributed by atoms with Gasteiger partial charge in [0.2, 0.25) is 11.8 Å². The van der Waals surface area contributed by atoms with Gasteiger partial charge in [0.15, 0.2) is 17.5 Å². The number of carbonyl (C=O) groups excluding carboxylic acids is 14. The van der Waals surface area contributed by atoms with E-state index >= 15 is 9.59 Å². The third kappa shape index (κ3) is 40.1. The van der Waals surface area contributed by atoms with E-state index in [2.05, 4.69) is 10.3 Å². The largest absolute Gasteiger partial charge is 0.508 e. The van der Waals surface area contributed by atoms with Gasteiger partial charge in [-0.05, 0) is 101 Å². The number of phenolic OH excluding ortho intramolecular Hbond substituents is 1. The van der Waals surface area contributed by atoms with Crippen LogP contribution in [-0.2, 0) is 87.9 Å². The van der Waals surface area contributed by atoms with E-state index in [1.807, 2.05) is 13.8 Å². The van der Waals surface area contributed by atoms with Crippen LogP contribution in [0.2, 0.25) is 0 Å². The predicted molar refractivity (Wildman–Crippen MR) is 459 cm³/mol. The van der Waals surface area contributed by atoms with Crippen LogP contribution in [0, 0.1) is 71.0 Å². The number of phenols is 1. The Kier molecular flexibility index (Phi) is 47.7. The zero-order valence-corrected chi connectivity index (χ0v) is 74.1. The Morgan fingerprint density at radius 3 is 1.50 bits per heavy atom. The number of fused-ring (bicyclic) bond motifs is 1. The van der Waals surface area contributed by atoms with Crippen LogP contribution in [0.15, 0.2) is 29.3 Å². The maximum Gasteiger partial charge on any atom is 0.317 e. The molecule has 3 aliphatic heterocycles. The van der Waals surface area contributed by atoms with Crippen LogP contribution in [0.4, 0.5) is 0 Å². The first kappa shape index (κ1) is 105. The molecule has 2 amide bonds. The number of hydrogen-bond donors (Lipinski definition) is 9. The van der Waals surface area contributed by atoms with Crippen molar-refractivity contribution < 1.29 is 107 Å². The summed E-state index contributed by atoms with van der Waals surface area (Å²) in [7, 11) is 2.29. The minimum atomic E-state index is -1.34. The van der Waals surface area contributed by atoms with E-state index < -0.39 is 178 Å². The zero-order valence-electron chi connectivity index (χ0n) is 72.5. The zero-order chi connectivity index (χ0) is 90.3. The summed E-state index contributed by atoms with van der Waals surface area (Å²) in [6.45, 7) is 15.5.